The summed E-state index contributed by atoms with van der Waals surface area (Å²) in [6, 6.07) is 12.6. The van der Waals surface area contributed by atoms with Gasteiger partial charge in [-0.3, -0.25) is 14.7 Å². The molecule has 1 fully saturated rings. The van der Waals surface area contributed by atoms with Crippen LogP contribution < -0.4 is 0 Å². The van der Waals surface area contributed by atoms with Gasteiger partial charge in [0.2, 0.25) is 5.91 Å². The fraction of sp³-hybridized carbons (Fsp3) is 0.478. The molecule has 0 bridgehead atoms. The molecule has 1 aliphatic rings. The number of likely N-dealkylation sites (N-methyl/N-ethyl adjacent to an activating group) is 1. The summed E-state index contributed by atoms with van der Waals surface area (Å²) in [5.41, 5.74) is 4.01. The van der Waals surface area contributed by atoms with E-state index in [-0.39, 0.29) is 5.91 Å². The maximum absolute atomic E-state index is 12.7. The fourth-order valence-corrected chi connectivity index (χ4v) is 3.96. The molecule has 4 nitrogen and oxygen atoms in total. The first-order valence-corrected chi connectivity index (χ1v) is 10.0. The molecule has 0 radical (unpaired) electrons. The van der Waals surface area contributed by atoms with E-state index in [1.54, 1.807) is 12.4 Å². The minimum atomic E-state index is 0.257. The Labute approximate surface area is 163 Å². The predicted molar refractivity (Wildman–Crippen MR) is 109 cm³/mol. The first-order valence-electron chi connectivity index (χ1n) is 10.0. The van der Waals surface area contributed by atoms with Crippen molar-refractivity contribution in [3.63, 3.8) is 0 Å². The molecule has 1 saturated heterocycles. The molecule has 1 aromatic heterocycles. The zero-order chi connectivity index (χ0) is 19.1. The average Bonchev–Trinajstić information content (AvgIpc) is 2.68. The van der Waals surface area contributed by atoms with Crippen LogP contribution >= 0.6 is 0 Å². The van der Waals surface area contributed by atoms with Crippen LogP contribution in [-0.2, 0) is 17.8 Å². The third-order valence-corrected chi connectivity index (χ3v) is 5.56. The zero-order valence-corrected chi connectivity index (χ0v) is 16.6. The lowest BCUT2D eigenvalue weighted by Crippen LogP contribution is -2.44. The number of likely N-dealkylation sites (tertiary alicyclic amines) is 1. The molecule has 0 N–H and O–H groups in total. The van der Waals surface area contributed by atoms with Gasteiger partial charge in [0.05, 0.1) is 6.54 Å². The minimum absolute atomic E-state index is 0.257. The highest BCUT2D eigenvalue weighted by Crippen LogP contribution is 2.22. The summed E-state index contributed by atoms with van der Waals surface area (Å²) in [5, 5.41) is 0. The van der Waals surface area contributed by atoms with Crippen molar-refractivity contribution >= 4 is 5.91 Å². The van der Waals surface area contributed by atoms with E-state index in [0.717, 1.165) is 32.5 Å². The monoisotopic (exact) mass is 365 g/mol. The standard InChI is InChI=1S/C23H31N3O/c1-19-6-3-4-8-22(19)10-9-20-7-5-15-26(17-20)23(27)18-25(2)16-21-11-13-24-14-12-21/h3-4,6,8,11-14,20H,5,7,9-10,15-18H2,1-2H3. The molecule has 0 aliphatic carbocycles. The molecule has 1 aromatic carbocycles. The SMILES string of the molecule is Cc1ccccc1CCC1CCCN(C(=O)CN(C)Cc2ccncc2)C1. The van der Waals surface area contributed by atoms with Crippen molar-refractivity contribution in [2.75, 3.05) is 26.7 Å². The maximum atomic E-state index is 12.7. The quantitative estimate of drug-likeness (QED) is 0.751. The van der Waals surface area contributed by atoms with Gasteiger partial charge in [0.15, 0.2) is 0 Å². The van der Waals surface area contributed by atoms with Crippen LogP contribution in [0.1, 0.15) is 36.0 Å². The van der Waals surface area contributed by atoms with Gasteiger partial charge in [-0.1, -0.05) is 24.3 Å². The summed E-state index contributed by atoms with van der Waals surface area (Å²) in [5.74, 6) is 0.875. The minimum Gasteiger partial charge on any atom is -0.341 e. The highest BCUT2D eigenvalue weighted by Gasteiger charge is 2.24. The second-order valence-electron chi connectivity index (χ2n) is 7.84. The van der Waals surface area contributed by atoms with Crippen molar-refractivity contribution in [1.82, 2.24) is 14.8 Å². The van der Waals surface area contributed by atoms with E-state index < -0.39 is 0 Å². The number of nitrogens with zero attached hydrogens (tertiary/aromatic N) is 3. The summed E-state index contributed by atoms with van der Waals surface area (Å²) >= 11 is 0. The largest absolute Gasteiger partial charge is 0.341 e. The number of benzene rings is 1. The number of hydrogen-bond donors (Lipinski definition) is 0. The van der Waals surface area contributed by atoms with Gasteiger partial charge in [0.1, 0.15) is 0 Å². The molecule has 2 heterocycles. The number of aryl methyl sites for hydroxylation is 2. The third kappa shape index (κ3) is 5.90. The predicted octanol–water partition coefficient (Wildman–Crippen LogP) is 3.69. The van der Waals surface area contributed by atoms with Crippen molar-refractivity contribution in [2.24, 2.45) is 5.92 Å². The van der Waals surface area contributed by atoms with Gasteiger partial charge >= 0.3 is 0 Å². The Morgan fingerprint density at radius 3 is 2.78 bits per heavy atom. The molecule has 27 heavy (non-hydrogen) atoms. The number of amides is 1. The summed E-state index contributed by atoms with van der Waals surface area (Å²) < 4.78 is 0. The van der Waals surface area contributed by atoms with Crippen molar-refractivity contribution in [3.8, 4) is 0 Å². The Hall–Kier alpha value is -2.20. The van der Waals surface area contributed by atoms with Crippen molar-refractivity contribution < 1.29 is 4.79 Å². The molecule has 144 valence electrons. The van der Waals surface area contributed by atoms with Crippen LogP contribution in [0.3, 0.4) is 0 Å². The Balaban J connectivity index is 1.47. The topological polar surface area (TPSA) is 36.4 Å². The lowest BCUT2D eigenvalue weighted by atomic mass is 9.90. The third-order valence-electron chi connectivity index (χ3n) is 5.56. The lowest BCUT2D eigenvalue weighted by Gasteiger charge is -2.34. The molecule has 1 unspecified atom stereocenters. The number of rotatable bonds is 7. The van der Waals surface area contributed by atoms with Gasteiger partial charge in [-0.15, -0.1) is 0 Å². The second kappa shape index (κ2) is 9.65. The van der Waals surface area contributed by atoms with Crippen LogP contribution in [0.5, 0.6) is 0 Å². The Morgan fingerprint density at radius 2 is 2.00 bits per heavy atom. The number of carbonyl (C=O) groups excluding carboxylic acids is 1. The highest BCUT2D eigenvalue weighted by molar-refractivity contribution is 5.78. The Bertz CT molecular complexity index is 731. The number of carbonyl (C=O) groups is 1. The highest BCUT2D eigenvalue weighted by atomic mass is 16.2. The van der Waals surface area contributed by atoms with Crippen LogP contribution in [0.2, 0.25) is 0 Å². The molecular weight excluding hydrogens is 334 g/mol. The molecule has 0 saturated carbocycles. The average molecular weight is 366 g/mol. The van der Waals surface area contributed by atoms with Crippen molar-refractivity contribution in [2.45, 2.75) is 39.2 Å². The molecule has 1 aliphatic heterocycles. The lowest BCUT2D eigenvalue weighted by molar-refractivity contribution is -0.134. The van der Waals surface area contributed by atoms with Crippen LogP contribution in [0.25, 0.3) is 0 Å². The second-order valence-corrected chi connectivity index (χ2v) is 7.84. The summed E-state index contributed by atoms with van der Waals surface area (Å²) in [6.45, 7) is 5.26. The summed E-state index contributed by atoms with van der Waals surface area (Å²) in [6.07, 6.45) is 8.24. The summed E-state index contributed by atoms with van der Waals surface area (Å²) in [4.78, 5) is 21.0. The van der Waals surface area contributed by atoms with Gasteiger partial charge in [-0.2, -0.15) is 0 Å². The van der Waals surface area contributed by atoms with Gasteiger partial charge in [-0.25, -0.2) is 0 Å². The maximum Gasteiger partial charge on any atom is 0.236 e. The van der Waals surface area contributed by atoms with E-state index >= 15 is 0 Å². The molecule has 0 spiro atoms. The number of aromatic nitrogens is 1. The van der Waals surface area contributed by atoms with Crippen molar-refractivity contribution in [3.05, 3.63) is 65.5 Å². The molecule has 4 heteroatoms. The Kier molecular flexibility index (Phi) is 6.99. The van der Waals surface area contributed by atoms with Gasteiger partial charge in [-0.05, 0) is 74.4 Å². The zero-order valence-electron chi connectivity index (χ0n) is 16.6. The van der Waals surface area contributed by atoms with E-state index in [1.165, 1.54) is 29.5 Å². The van der Waals surface area contributed by atoms with Crippen LogP contribution in [0.4, 0.5) is 0 Å². The van der Waals surface area contributed by atoms with Crippen molar-refractivity contribution in [1.29, 1.82) is 0 Å². The van der Waals surface area contributed by atoms with Gasteiger partial charge in [0, 0.05) is 32.0 Å². The van der Waals surface area contributed by atoms with E-state index in [0.29, 0.717) is 12.5 Å². The number of piperidine rings is 1. The first-order chi connectivity index (χ1) is 13.1. The summed E-state index contributed by atoms with van der Waals surface area (Å²) in [7, 11) is 2.01. The molecule has 2 aromatic rings. The van der Waals surface area contributed by atoms with E-state index in [1.807, 2.05) is 19.2 Å². The van der Waals surface area contributed by atoms with E-state index in [9.17, 15) is 4.79 Å². The smallest absolute Gasteiger partial charge is 0.236 e. The molecule has 1 amide bonds. The normalized spacial score (nSPS) is 17.3. The first kappa shape index (κ1) is 19.6. The van der Waals surface area contributed by atoms with Crippen LogP contribution in [0.15, 0.2) is 48.8 Å². The number of hydrogen-bond acceptors (Lipinski definition) is 3. The molecule has 1 atom stereocenters. The number of pyridine rings is 1. The van der Waals surface area contributed by atoms with Crippen LogP contribution in [-0.4, -0.2) is 47.4 Å². The molecule has 3 rings (SSSR count). The van der Waals surface area contributed by atoms with Gasteiger partial charge in [0.25, 0.3) is 0 Å². The van der Waals surface area contributed by atoms with E-state index in [2.05, 4.69) is 46.0 Å². The fourth-order valence-electron chi connectivity index (χ4n) is 3.96. The van der Waals surface area contributed by atoms with Gasteiger partial charge < -0.3 is 4.90 Å². The van der Waals surface area contributed by atoms with E-state index in [4.69, 9.17) is 0 Å². The van der Waals surface area contributed by atoms with Crippen LogP contribution in [0, 0.1) is 12.8 Å². The Morgan fingerprint density at radius 1 is 1.22 bits per heavy atom. The molecular formula is C23H31N3O.